The van der Waals surface area contributed by atoms with E-state index < -0.39 is 67.6 Å². The van der Waals surface area contributed by atoms with E-state index in [-0.39, 0.29) is 0 Å². The van der Waals surface area contributed by atoms with E-state index in [4.69, 9.17) is 23.7 Å². The van der Waals surface area contributed by atoms with Gasteiger partial charge in [0.15, 0.2) is 18.3 Å². The predicted molar refractivity (Wildman–Crippen MR) is 79.1 cm³/mol. The molecule has 0 aromatic carbocycles. The fraction of sp³-hybridized carbons (Fsp3) is 0.733. The number of alkyl halides is 3. The van der Waals surface area contributed by atoms with Crippen molar-refractivity contribution in [3.8, 4) is 0 Å². The van der Waals surface area contributed by atoms with Crippen LogP contribution in [0.4, 0.5) is 13.2 Å². The van der Waals surface area contributed by atoms with Gasteiger partial charge in [0, 0.05) is 27.7 Å². The van der Waals surface area contributed by atoms with Crippen molar-refractivity contribution in [2.45, 2.75) is 64.8 Å². The molecular weight excluding hydrogens is 397 g/mol. The summed E-state index contributed by atoms with van der Waals surface area (Å²) in [6.07, 6.45) is -14.2. The number of rotatable bonds is 6. The molecule has 0 unspecified atom stereocenters. The summed E-state index contributed by atoms with van der Waals surface area (Å²) in [5, 5.41) is 0. The molecule has 0 saturated carbocycles. The van der Waals surface area contributed by atoms with Crippen LogP contribution in [0.5, 0.6) is 0 Å². The lowest BCUT2D eigenvalue weighted by Crippen LogP contribution is -2.63. The lowest BCUT2D eigenvalue weighted by molar-refractivity contribution is -0.416. The molecule has 28 heavy (non-hydrogen) atoms. The highest BCUT2D eigenvalue weighted by atomic mass is 19.4. The van der Waals surface area contributed by atoms with Gasteiger partial charge in [0.2, 0.25) is 6.29 Å². The maximum Gasteiger partial charge on any atom is 0.524 e. The molecule has 0 aromatic heterocycles. The van der Waals surface area contributed by atoms with Gasteiger partial charge in [0.25, 0.3) is 0 Å². The van der Waals surface area contributed by atoms with E-state index in [2.05, 4.69) is 4.74 Å². The molecule has 10 nitrogen and oxygen atoms in total. The van der Waals surface area contributed by atoms with Gasteiger partial charge in [0.05, 0.1) is 0 Å². The highest BCUT2D eigenvalue weighted by Crippen LogP contribution is 2.33. The normalized spacial score (nSPS) is 27.5. The second kappa shape index (κ2) is 9.68. The van der Waals surface area contributed by atoms with E-state index in [1.165, 1.54) is 0 Å². The Morgan fingerprint density at radius 1 is 0.786 bits per heavy atom. The SMILES string of the molecule is CC(=O)OC[C@H]1O[C@@H](OC(F)(F)F)[C@H](OC(C)=O)[C@@H](OC(C)=O)[C@@H]1OC(C)=O. The summed E-state index contributed by atoms with van der Waals surface area (Å²) in [4.78, 5) is 45.3. The maximum atomic E-state index is 12.8. The molecule has 0 radical (unpaired) electrons. The summed E-state index contributed by atoms with van der Waals surface area (Å²) in [5.74, 6) is -3.72. The minimum absolute atomic E-state index is 0.657. The van der Waals surface area contributed by atoms with E-state index in [0.717, 1.165) is 27.7 Å². The van der Waals surface area contributed by atoms with Crippen molar-refractivity contribution in [2.75, 3.05) is 6.61 Å². The van der Waals surface area contributed by atoms with Crippen LogP contribution in [-0.4, -0.2) is 67.6 Å². The Hall–Kier alpha value is -2.41. The van der Waals surface area contributed by atoms with Crippen molar-refractivity contribution in [1.29, 1.82) is 0 Å². The van der Waals surface area contributed by atoms with Crippen LogP contribution in [0.2, 0.25) is 0 Å². The molecule has 0 N–H and O–H groups in total. The van der Waals surface area contributed by atoms with Crippen LogP contribution in [0, 0.1) is 0 Å². The molecule has 1 fully saturated rings. The number of halogens is 3. The third-order valence-electron chi connectivity index (χ3n) is 3.20. The molecule has 0 bridgehead atoms. The molecule has 160 valence electrons. The highest BCUT2D eigenvalue weighted by Gasteiger charge is 2.55. The second-order valence-electron chi connectivity index (χ2n) is 5.63. The number of carbonyl (C=O) groups excluding carboxylic acids is 4. The first kappa shape index (κ1) is 23.6. The van der Waals surface area contributed by atoms with Crippen molar-refractivity contribution in [3.63, 3.8) is 0 Å². The van der Waals surface area contributed by atoms with Gasteiger partial charge < -0.3 is 23.7 Å². The zero-order chi connectivity index (χ0) is 21.6. The molecule has 1 aliphatic heterocycles. The summed E-state index contributed by atoms with van der Waals surface area (Å²) in [6.45, 7) is 3.17. The Balaban J connectivity index is 3.33. The van der Waals surface area contributed by atoms with Crippen LogP contribution in [0.15, 0.2) is 0 Å². The van der Waals surface area contributed by atoms with Gasteiger partial charge in [0.1, 0.15) is 12.7 Å². The van der Waals surface area contributed by atoms with Gasteiger partial charge >= 0.3 is 30.2 Å². The molecule has 1 saturated heterocycles. The standard InChI is InChI=1S/C15H19F3O10/c1-6(19)23-5-10-11(24-7(2)20)12(25-8(3)21)13(26-9(4)22)14(27-10)28-15(16,17)18/h10-14H,5H2,1-4H3/t10-,11-,12+,13-,14+/m1/s1. The van der Waals surface area contributed by atoms with Crippen LogP contribution < -0.4 is 0 Å². The molecule has 1 rings (SSSR count). The van der Waals surface area contributed by atoms with Gasteiger partial charge in [-0.05, 0) is 0 Å². The molecule has 0 amide bonds. The van der Waals surface area contributed by atoms with E-state index in [9.17, 15) is 32.3 Å². The third-order valence-corrected chi connectivity index (χ3v) is 3.20. The molecule has 0 aliphatic carbocycles. The first-order chi connectivity index (χ1) is 12.8. The molecule has 5 atom stereocenters. The summed E-state index contributed by atoms with van der Waals surface area (Å²) < 4.78 is 66.6. The number of carbonyl (C=O) groups is 4. The molecule has 1 aliphatic rings. The summed E-state index contributed by atoms with van der Waals surface area (Å²) >= 11 is 0. The van der Waals surface area contributed by atoms with Gasteiger partial charge in [-0.3, -0.25) is 23.9 Å². The minimum atomic E-state index is -5.22. The Morgan fingerprint density at radius 3 is 1.68 bits per heavy atom. The van der Waals surface area contributed by atoms with Crippen LogP contribution in [0.25, 0.3) is 0 Å². The maximum absolute atomic E-state index is 12.8. The minimum Gasteiger partial charge on any atom is -0.463 e. The Kier molecular flexibility index (Phi) is 8.17. The molecule has 1 heterocycles. The fourth-order valence-corrected chi connectivity index (χ4v) is 2.42. The summed E-state index contributed by atoms with van der Waals surface area (Å²) in [5.41, 5.74) is 0. The lowest BCUT2D eigenvalue weighted by atomic mass is 9.98. The average Bonchev–Trinajstić information content (AvgIpc) is 2.48. The van der Waals surface area contributed by atoms with Crippen molar-refractivity contribution in [3.05, 3.63) is 0 Å². The van der Waals surface area contributed by atoms with Crippen LogP contribution in [0.3, 0.4) is 0 Å². The summed E-state index contributed by atoms with van der Waals surface area (Å²) in [7, 11) is 0. The monoisotopic (exact) mass is 416 g/mol. The van der Waals surface area contributed by atoms with Crippen molar-refractivity contribution in [2.24, 2.45) is 0 Å². The Morgan fingerprint density at radius 2 is 1.25 bits per heavy atom. The van der Waals surface area contributed by atoms with Gasteiger partial charge in [-0.1, -0.05) is 0 Å². The quantitative estimate of drug-likeness (QED) is 0.449. The molecule has 0 aromatic rings. The van der Waals surface area contributed by atoms with E-state index in [1.807, 2.05) is 0 Å². The van der Waals surface area contributed by atoms with E-state index >= 15 is 0 Å². The van der Waals surface area contributed by atoms with E-state index in [0.29, 0.717) is 0 Å². The van der Waals surface area contributed by atoms with Crippen LogP contribution in [-0.2, 0) is 47.6 Å². The average molecular weight is 416 g/mol. The first-order valence-electron chi connectivity index (χ1n) is 7.85. The van der Waals surface area contributed by atoms with Crippen molar-refractivity contribution < 1.29 is 60.8 Å². The molecule has 0 spiro atoms. The lowest BCUT2D eigenvalue weighted by Gasteiger charge is -2.43. The number of hydrogen-bond donors (Lipinski definition) is 0. The number of hydrogen-bond acceptors (Lipinski definition) is 10. The largest absolute Gasteiger partial charge is 0.524 e. The second-order valence-corrected chi connectivity index (χ2v) is 5.63. The van der Waals surface area contributed by atoms with Crippen LogP contribution in [0.1, 0.15) is 27.7 Å². The first-order valence-corrected chi connectivity index (χ1v) is 7.85. The Labute approximate surface area is 157 Å². The van der Waals surface area contributed by atoms with Crippen molar-refractivity contribution >= 4 is 23.9 Å². The summed E-state index contributed by atoms with van der Waals surface area (Å²) in [6, 6.07) is 0. The van der Waals surface area contributed by atoms with Crippen molar-refractivity contribution in [1.82, 2.24) is 0 Å². The Bertz CT molecular complexity index is 605. The third kappa shape index (κ3) is 7.68. The number of ether oxygens (including phenoxy) is 6. The molecular formula is C15H19F3O10. The zero-order valence-corrected chi connectivity index (χ0v) is 15.3. The van der Waals surface area contributed by atoms with Gasteiger partial charge in [-0.2, -0.15) is 0 Å². The number of esters is 4. The van der Waals surface area contributed by atoms with E-state index in [1.54, 1.807) is 0 Å². The topological polar surface area (TPSA) is 124 Å². The zero-order valence-electron chi connectivity index (χ0n) is 15.3. The smallest absolute Gasteiger partial charge is 0.463 e. The van der Waals surface area contributed by atoms with Crippen LogP contribution >= 0.6 is 0 Å². The van der Waals surface area contributed by atoms with Gasteiger partial charge in [-0.15, -0.1) is 13.2 Å². The van der Waals surface area contributed by atoms with Gasteiger partial charge in [-0.25, -0.2) is 0 Å². The highest BCUT2D eigenvalue weighted by molar-refractivity contribution is 5.68. The predicted octanol–water partition coefficient (Wildman–Crippen LogP) is 0.606. The molecule has 13 heteroatoms. The fourth-order valence-electron chi connectivity index (χ4n) is 2.42.